The molecule has 2 aromatic heterocycles. The van der Waals surface area contributed by atoms with Crippen molar-refractivity contribution in [1.29, 1.82) is 0 Å². The Bertz CT molecular complexity index is 1190. The highest BCUT2D eigenvalue weighted by Gasteiger charge is 2.26. The van der Waals surface area contributed by atoms with Crippen molar-refractivity contribution in [2.75, 3.05) is 0 Å². The number of para-hydroxylation sites is 1. The molecule has 0 unspecified atom stereocenters. The van der Waals surface area contributed by atoms with Gasteiger partial charge in [-0.1, -0.05) is 28.9 Å². The zero-order chi connectivity index (χ0) is 16.9. The van der Waals surface area contributed by atoms with Crippen LogP contribution >= 0.6 is 11.6 Å². The molecule has 120 valence electrons. The second-order valence-corrected chi connectivity index (χ2v) is 7.23. The largest absolute Gasteiger partial charge is 0.229 e. The highest BCUT2D eigenvalue weighted by atomic mass is 35.5. The molecule has 0 saturated carbocycles. The molecule has 0 aliphatic carbocycles. The molecule has 0 aliphatic heterocycles. The second-order valence-electron chi connectivity index (χ2n) is 5.01. The number of fused-ring (bicyclic) bond motifs is 3. The minimum atomic E-state index is -4.01. The number of sulfone groups is 1. The molecule has 0 atom stereocenters. The Morgan fingerprint density at radius 3 is 2.50 bits per heavy atom. The van der Waals surface area contributed by atoms with Crippen LogP contribution in [-0.2, 0) is 9.84 Å². The first-order valence-corrected chi connectivity index (χ1v) is 8.65. The molecule has 0 bridgehead atoms. The van der Waals surface area contributed by atoms with Crippen molar-refractivity contribution < 1.29 is 12.8 Å². The van der Waals surface area contributed by atoms with Crippen LogP contribution in [0.25, 0.3) is 16.6 Å². The quantitative estimate of drug-likeness (QED) is 0.405. The lowest BCUT2D eigenvalue weighted by Crippen LogP contribution is -2.04. The molecule has 2 heterocycles. The molecule has 0 spiro atoms. The fourth-order valence-corrected chi connectivity index (χ4v) is 3.88. The van der Waals surface area contributed by atoms with Crippen LogP contribution in [-0.4, -0.2) is 28.2 Å². The van der Waals surface area contributed by atoms with Gasteiger partial charge in [-0.25, -0.2) is 17.8 Å². The standard InChI is InChI=1S/C15H8ClFN4O2S/c16-13-11-3-1-2-4-12(11)21-14(18-13)15(19-20-21)24(22,23)10-7-5-9(17)6-8-10/h1-8H. The van der Waals surface area contributed by atoms with Gasteiger partial charge in [0, 0.05) is 5.39 Å². The smallest absolute Gasteiger partial charge is 0.217 e. The fraction of sp³-hybridized carbons (Fsp3) is 0. The highest BCUT2D eigenvalue weighted by molar-refractivity contribution is 7.91. The summed E-state index contributed by atoms with van der Waals surface area (Å²) in [6.45, 7) is 0. The molecular weight excluding hydrogens is 355 g/mol. The molecule has 6 nitrogen and oxygen atoms in total. The first-order chi connectivity index (χ1) is 11.5. The van der Waals surface area contributed by atoms with E-state index in [0.29, 0.717) is 10.9 Å². The van der Waals surface area contributed by atoms with Gasteiger partial charge in [0.05, 0.1) is 10.4 Å². The van der Waals surface area contributed by atoms with Gasteiger partial charge in [0.15, 0.2) is 5.65 Å². The number of hydrogen-bond acceptors (Lipinski definition) is 5. The summed E-state index contributed by atoms with van der Waals surface area (Å²) in [6, 6.07) is 11.5. The molecule has 0 radical (unpaired) electrons. The van der Waals surface area contributed by atoms with Crippen molar-refractivity contribution in [3.8, 4) is 0 Å². The van der Waals surface area contributed by atoms with Crippen LogP contribution in [0.3, 0.4) is 0 Å². The number of aromatic nitrogens is 4. The third-order valence-corrected chi connectivity index (χ3v) is 5.51. The number of benzene rings is 2. The minimum Gasteiger partial charge on any atom is -0.217 e. The summed E-state index contributed by atoms with van der Waals surface area (Å²) in [5.74, 6) is -0.533. The summed E-state index contributed by atoms with van der Waals surface area (Å²) >= 11 is 6.16. The fourth-order valence-electron chi connectivity index (χ4n) is 2.41. The molecule has 0 N–H and O–H groups in total. The van der Waals surface area contributed by atoms with E-state index in [1.165, 1.54) is 16.6 Å². The number of nitrogens with zero attached hydrogens (tertiary/aromatic N) is 4. The summed E-state index contributed by atoms with van der Waals surface area (Å²) < 4.78 is 39.9. The molecule has 9 heteroatoms. The van der Waals surface area contributed by atoms with Gasteiger partial charge in [-0.15, -0.1) is 5.10 Å². The normalized spacial score (nSPS) is 12.1. The van der Waals surface area contributed by atoms with Gasteiger partial charge in [-0.3, -0.25) is 0 Å². The predicted octanol–water partition coefficient (Wildman–Crippen LogP) is 2.90. The van der Waals surface area contributed by atoms with Crippen molar-refractivity contribution in [2.45, 2.75) is 9.92 Å². The highest BCUT2D eigenvalue weighted by Crippen LogP contribution is 2.27. The van der Waals surface area contributed by atoms with E-state index in [1.807, 2.05) is 0 Å². The van der Waals surface area contributed by atoms with Crippen LogP contribution in [0, 0.1) is 5.82 Å². The van der Waals surface area contributed by atoms with E-state index in [1.54, 1.807) is 24.3 Å². The van der Waals surface area contributed by atoms with E-state index in [0.717, 1.165) is 12.1 Å². The molecule has 24 heavy (non-hydrogen) atoms. The molecule has 4 rings (SSSR count). The Morgan fingerprint density at radius 1 is 1.04 bits per heavy atom. The third-order valence-electron chi connectivity index (χ3n) is 3.55. The van der Waals surface area contributed by atoms with Gasteiger partial charge in [0.1, 0.15) is 11.0 Å². The summed E-state index contributed by atoms with van der Waals surface area (Å²) in [6.07, 6.45) is 0. The zero-order valence-electron chi connectivity index (χ0n) is 11.9. The maximum Gasteiger partial charge on any atom is 0.229 e. The number of rotatable bonds is 2. The molecule has 0 aliphatic rings. The second kappa shape index (κ2) is 5.22. The van der Waals surface area contributed by atoms with E-state index < -0.39 is 15.7 Å². The summed E-state index contributed by atoms with van der Waals surface area (Å²) in [4.78, 5) is 4.02. The van der Waals surface area contributed by atoms with Gasteiger partial charge in [-0.2, -0.15) is 4.52 Å². The Kier molecular flexibility index (Phi) is 3.26. The number of halogens is 2. The van der Waals surface area contributed by atoms with E-state index >= 15 is 0 Å². The molecular formula is C15H8ClFN4O2S. The van der Waals surface area contributed by atoms with Crippen LogP contribution in [0.5, 0.6) is 0 Å². The zero-order valence-corrected chi connectivity index (χ0v) is 13.5. The van der Waals surface area contributed by atoms with Crippen LogP contribution in [0.4, 0.5) is 4.39 Å². The van der Waals surface area contributed by atoms with E-state index in [4.69, 9.17) is 11.6 Å². The van der Waals surface area contributed by atoms with Crippen molar-refractivity contribution in [1.82, 2.24) is 19.8 Å². The maximum atomic E-state index is 13.0. The molecule has 0 amide bonds. The van der Waals surface area contributed by atoms with Crippen molar-refractivity contribution in [3.63, 3.8) is 0 Å². The number of hydrogen-bond donors (Lipinski definition) is 0. The lowest BCUT2D eigenvalue weighted by Gasteiger charge is -2.04. The van der Waals surface area contributed by atoms with E-state index in [-0.39, 0.29) is 20.7 Å². The van der Waals surface area contributed by atoms with Gasteiger partial charge in [0.25, 0.3) is 0 Å². The van der Waals surface area contributed by atoms with Crippen molar-refractivity contribution in [3.05, 3.63) is 59.5 Å². The summed E-state index contributed by atoms with van der Waals surface area (Å²) in [5.41, 5.74) is 0.601. The monoisotopic (exact) mass is 362 g/mol. The third kappa shape index (κ3) is 2.15. The minimum absolute atomic E-state index is 0.0167. The Balaban J connectivity index is 2.03. The Morgan fingerprint density at radius 2 is 1.75 bits per heavy atom. The van der Waals surface area contributed by atoms with E-state index in [2.05, 4.69) is 15.3 Å². The first-order valence-electron chi connectivity index (χ1n) is 6.79. The average molecular weight is 363 g/mol. The lowest BCUT2D eigenvalue weighted by molar-refractivity contribution is 0.591. The lowest BCUT2D eigenvalue weighted by atomic mass is 10.2. The predicted molar refractivity (Wildman–Crippen MR) is 85.1 cm³/mol. The average Bonchev–Trinajstić information content (AvgIpc) is 3.00. The Hall–Kier alpha value is -2.58. The van der Waals surface area contributed by atoms with Gasteiger partial charge in [-0.05, 0) is 36.4 Å². The van der Waals surface area contributed by atoms with Gasteiger partial charge in [0.2, 0.25) is 14.9 Å². The molecule has 0 fully saturated rings. The molecule has 4 aromatic rings. The molecule has 2 aromatic carbocycles. The van der Waals surface area contributed by atoms with Crippen LogP contribution < -0.4 is 0 Å². The summed E-state index contributed by atoms with van der Waals surface area (Å²) in [7, 11) is -4.01. The van der Waals surface area contributed by atoms with Gasteiger partial charge < -0.3 is 0 Å². The van der Waals surface area contributed by atoms with Crippen molar-refractivity contribution >= 4 is 38.0 Å². The van der Waals surface area contributed by atoms with Crippen molar-refractivity contribution in [2.24, 2.45) is 0 Å². The van der Waals surface area contributed by atoms with Gasteiger partial charge >= 0.3 is 0 Å². The van der Waals surface area contributed by atoms with E-state index in [9.17, 15) is 12.8 Å². The Labute approximate surface area is 140 Å². The topological polar surface area (TPSA) is 77.2 Å². The van der Waals surface area contributed by atoms with Crippen LogP contribution in [0.15, 0.2) is 58.5 Å². The summed E-state index contributed by atoms with van der Waals surface area (Å²) in [5, 5.41) is 8.10. The van der Waals surface area contributed by atoms with Crippen LogP contribution in [0.1, 0.15) is 0 Å². The first kappa shape index (κ1) is 15.0. The SMILES string of the molecule is O=S(=O)(c1ccc(F)cc1)c1nnn2c1nc(Cl)c1ccccc12. The molecule has 0 saturated heterocycles. The maximum absolute atomic E-state index is 13.0. The van der Waals surface area contributed by atoms with Crippen LogP contribution in [0.2, 0.25) is 5.15 Å².